The largest absolute Gasteiger partial charge is 0.375 e. The fourth-order valence-corrected chi connectivity index (χ4v) is 2.83. The van der Waals surface area contributed by atoms with E-state index >= 15 is 0 Å². The predicted molar refractivity (Wildman–Crippen MR) is 94.3 cm³/mol. The first kappa shape index (κ1) is 16.4. The van der Waals surface area contributed by atoms with Crippen molar-refractivity contribution in [3.63, 3.8) is 0 Å². The van der Waals surface area contributed by atoms with Gasteiger partial charge in [-0.3, -0.25) is 4.79 Å². The average molecular weight is 342 g/mol. The van der Waals surface area contributed by atoms with Crippen LogP contribution < -0.4 is 5.32 Å². The molecule has 0 radical (unpaired) electrons. The van der Waals surface area contributed by atoms with Crippen molar-refractivity contribution < 1.29 is 9.53 Å². The number of anilines is 1. The number of aromatic nitrogens is 3. The molecule has 3 aromatic rings. The third-order valence-electron chi connectivity index (χ3n) is 3.42. The number of benzene rings is 1. The molecule has 1 aromatic carbocycles. The maximum absolute atomic E-state index is 12.2. The second-order valence-electron chi connectivity index (χ2n) is 5.30. The van der Waals surface area contributed by atoms with Crippen LogP contribution in [0.15, 0.2) is 41.8 Å². The van der Waals surface area contributed by atoms with Gasteiger partial charge in [-0.1, -0.05) is 35.9 Å². The summed E-state index contributed by atoms with van der Waals surface area (Å²) in [5.74, 6) is 0.659. The van der Waals surface area contributed by atoms with Crippen molar-refractivity contribution in [1.82, 2.24) is 14.8 Å². The number of hydrogen-bond donors (Lipinski definition) is 1. The smallest absolute Gasteiger partial charge is 0.276 e. The van der Waals surface area contributed by atoms with Gasteiger partial charge in [0.2, 0.25) is 5.95 Å². The van der Waals surface area contributed by atoms with E-state index < -0.39 is 0 Å². The van der Waals surface area contributed by atoms with Gasteiger partial charge < -0.3 is 10.1 Å². The molecule has 0 aliphatic rings. The molecule has 2 heterocycles. The van der Waals surface area contributed by atoms with Gasteiger partial charge in [0, 0.05) is 17.6 Å². The number of nitrogens with zero attached hydrogens (tertiary/aromatic N) is 3. The Kier molecular flexibility index (Phi) is 5.02. The van der Waals surface area contributed by atoms with E-state index in [1.165, 1.54) is 11.8 Å². The lowest BCUT2D eigenvalue weighted by atomic mass is 10.1. The Hall–Kier alpha value is -2.51. The summed E-state index contributed by atoms with van der Waals surface area (Å²) in [6, 6.07) is 11.9. The van der Waals surface area contributed by atoms with Gasteiger partial charge in [0.05, 0.1) is 6.54 Å². The van der Waals surface area contributed by atoms with E-state index in [-0.39, 0.29) is 12.5 Å². The van der Waals surface area contributed by atoms with Gasteiger partial charge in [0.1, 0.15) is 6.61 Å². The van der Waals surface area contributed by atoms with E-state index in [4.69, 9.17) is 4.74 Å². The molecule has 24 heavy (non-hydrogen) atoms. The zero-order valence-electron chi connectivity index (χ0n) is 13.5. The molecule has 1 N–H and O–H groups in total. The van der Waals surface area contributed by atoms with E-state index in [1.807, 2.05) is 48.7 Å². The topological polar surface area (TPSA) is 69.0 Å². The normalized spacial score (nSPS) is 10.8. The van der Waals surface area contributed by atoms with Crippen LogP contribution in [0.25, 0.3) is 11.4 Å². The number of thiophene rings is 1. The molecule has 0 amide bonds. The summed E-state index contributed by atoms with van der Waals surface area (Å²) < 4.78 is 6.20. The SMILES string of the molecule is COCC(=O)n1nc(-c2ccc(C)cc2)nc1NCc1cccs1. The molecule has 0 saturated carbocycles. The molecule has 6 nitrogen and oxygen atoms in total. The Balaban J connectivity index is 1.89. The highest BCUT2D eigenvalue weighted by Crippen LogP contribution is 2.19. The predicted octanol–water partition coefficient (Wildman–Crippen LogP) is 3.21. The van der Waals surface area contributed by atoms with Gasteiger partial charge in [-0.25, -0.2) is 0 Å². The highest BCUT2D eigenvalue weighted by atomic mass is 32.1. The van der Waals surface area contributed by atoms with Crippen molar-refractivity contribution in [2.75, 3.05) is 19.0 Å². The van der Waals surface area contributed by atoms with E-state index in [2.05, 4.69) is 15.4 Å². The Morgan fingerprint density at radius 2 is 2.08 bits per heavy atom. The van der Waals surface area contributed by atoms with E-state index in [0.717, 1.165) is 16.0 Å². The molecule has 124 valence electrons. The second-order valence-corrected chi connectivity index (χ2v) is 6.33. The molecule has 0 saturated heterocycles. The summed E-state index contributed by atoms with van der Waals surface area (Å²) >= 11 is 1.64. The molecule has 7 heteroatoms. The minimum absolute atomic E-state index is 0.0512. The van der Waals surface area contributed by atoms with Gasteiger partial charge in [0.25, 0.3) is 5.91 Å². The summed E-state index contributed by atoms with van der Waals surface area (Å²) in [6.45, 7) is 2.56. The quantitative estimate of drug-likeness (QED) is 0.745. The van der Waals surface area contributed by atoms with Crippen LogP contribution >= 0.6 is 11.3 Å². The van der Waals surface area contributed by atoms with E-state index in [0.29, 0.717) is 18.3 Å². The second kappa shape index (κ2) is 7.37. The first-order chi connectivity index (χ1) is 11.7. The molecular weight excluding hydrogens is 324 g/mol. The number of hydrogen-bond acceptors (Lipinski definition) is 6. The van der Waals surface area contributed by atoms with Crippen molar-refractivity contribution in [3.8, 4) is 11.4 Å². The van der Waals surface area contributed by atoms with Crippen molar-refractivity contribution in [3.05, 3.63) is 52.2 Å². The molecule has 2 aromatic heterocycles. The molecule has 0 fully saturated rings. The number of rotatable bonds is 6. The van der Waals surface area contributed by atoms with E-state index in [9.17, 15) is 4.79 Å². The third-order valence-corrected chi connectivity index (χ3v) is 4.30. The summed E-state index contributed by atoms with van der Waals surface area (Å²) in [6.07, 6.45) is 0. The van der Waals surface area contributed by atoms with Crippen LogP contribution in [0.1, 0.15) is 15.2 Å². The number of methoxy groups -OCH3 is 1. The number of nitrogens with one attached hydrogen (secondary N) is 1. The van der Waals surface area contributed by atoms with E-state index in [1.54, 1.807) is 11.3 Å². The number of carbonyl (C=O) groups is 1. The van der Waals surface area contributed by atoms with Crippen molar-refractivity contribution in [2.24, 2.45) is 0 Å². The van der Waals surface area contributed by atoms with Crippen molar-refractivity contribution in [2.45, 2.75) is 13.5 Å². The first-order valence-corrected chi connectivity index (χ1v) is 8.38. The zero-order valence-corrected chi connectivity index (χ0v) is 14.3. The maximum atomic E-state index is 12.2. The van der Waals surface area contributed by atoms with Crippen LogP contribution in [0.4, 0.5) is 5.95 Å². The van der Waals surface area contributed by atoms with Crippen LogP contribution in [0.5, 0.6) is 0 Å². The fraction of sp³-hybridized carbons (Fsp3) is 0.235. The lowest BCUT2D eigenvalue weighted by Gasteiger charge is -2.05. The number of aryl methyl sites for hydroxylation is 1. The van der Waals surface area contributed by atoms with Gasteiger partial charge in [0.15, 0.2) is 5.82 Å². The van der Waals surface area contributed by atoms with Crippen molar-refractivity contribution >= 4 is 23.2 Å². The summed E-state index contributed by atoms with van der Waals surface area (Å²) in [5, 5.41) is 9.53. The maximum Gasteiger partial charge on any atom is 0.276 e. The summed E-state index contributed by atoms with van der Waals surface area (Å²) in [4.78, 5) is 17.9. The molecule has 0 spiro atoms. The standard InChI is InChI=1S/C17H18N4O2S/c1-12-5-7-13(8-6-12)16-19-17(18-10-14-4-3-9-24-14)21(20-16)15(22)11-23-2/h3-9H,10-11H2,1-2H3,(H,18,19,20). The molecular formula is C17H18N4O2S. The monoisotopic (exact) mass is 342 g/mol. The highest BCUT2D eigenvalue weighted by molar-refractivity contribution is 7.09. The van der Waals surface area contributed by atoms with Gasteiger partial charge in [-0.2, -0.15) is 9.67 Å². The first-order valence-electron chi connectivity index (χ1n) is 7.50. The van der Waals surface area contributed by atoms with Crippen LogP contribution in [-0.4, -0.2) is 34.4 Å². The van der Waals surface area contributed by atoms with Crippen LogP contribution in [0.3, 0.4) is 0 Å². The Morgan fingerprint density at radius 3 is 2.75 bits per heavy atom. The van der Waals surface area contributed by atoms with Crippen LogP contribution in [0.2, 0.25) is 0 Å². The van der Waals surface area contributed by atoms with Crippen molar-refractivity contribution in [1.29, 1.82) is 0 Å². The number of ether oxygens (including phenoxy) is 1. The van der Waals surface area contributed by atoms with Gasteiger partial charge >= 0.3 is 0 Å². The summed E-state index contributed by atoms with van der Waals surface area (Å²) in [7, 11) is 1.48. The minimum Gasteiger partial charge on any atom is -0.375 e. The molecule has 0 bridgehead atoms. The molecule has 0 unspecified atom stereocenters. The minimum atomic E-state index is -0.267. The Morgan fingerprint density at radius 1 is 1.29 bits per heavy atom. The number of carbonyl (C=O) groups excluding carboxylic acids is 1. The third kappa shape index (κ3) is 3.69. The summed E-state index contributed by atoms with van der Waals surface area (Å²) in [5.41, 5.74) is 2.02. The molecule has 0 aliphatic carbocycles. The molecule has 3 rings (SSSR count). The van der Waals surface area contributed by atoms with Crippen LogP contribution in [0, 0.1) is 6.92 Å². The Bertz CT molecular complexity index is 810. The van der Waals surface area contributed by atoms with Crippen LogP contribution in [-0.2, 0) is 11.3 Å². The average Bonchev–Trinajstić information content (AvgIpc) is 3.23. The zero-order chi connectivity index (χ0) is 16.9. The lowest BCUT2D eigenvalue weighted by molar-refractivity contribution is 0.0748. The Labute approximate surface area is 144 Å². The highest BCUT2D eigenvalue weighted by Gasteiger charge is 2.17. The van der Waals surface area contributed by atoms with Gasteiger partial charge in [-0.15, -0.1) is 16.4 Å². The fourth-order valence-electron chi connectivity index (χ4n) is 2.19. The molecule has 0 atom stereocenters. The van der Waals surface area contributed by atoms with Gasteiger partial charge in [-0.05, 0) is 18.4 Å². The molecule has 0 aliphatic heterocycles. The lowest BCUT2D eigenvalue weighted by Crippen LogP contribution is -2.20.